The number of hydrogen-bond acceptors (Lipinski definition) is 4. The third-order valence-corrected chi connectivity index (χ3v) is 4.05. The van der Waals surface area contributed by atoms with E-state index in [1.165, 1.54) is 12.1 Å². The first-order chi connectivity index (χ1) is 11.8. The first-order valence-electron chi connectivity index (χ1n) is 7.90. The molecule has 0 bridgehead atoms. The molecule has 5 nitrogen and oxygen atoms in total. The molecule has 1 aliphatic rings. The van der Waals surface area contributed by atoms with Crippen LogP contribution in [0.4, 0.5) is 4.39 Å². The number of morpholine rings is 1. The lowest BCUT2D eigenvalue weighted by atomic mass is 10.1. The molecule has 3 aromatic rings. The second-order valence-electron chi connectivity index (χ2n) is 5.67. The summed E-state index contributed by atoms with van der Waals surface area (Å²) in [6.45, 7) is 2.47. The second-order valence-corrected chi connectivity index (χ2v) is 5.67. The van der Waals surface area contributed by atoms with E-state index in [0.717, 1.165) is 36.5 Å². The van der Waals surface area contributed by atoms with Gasteiger partial charge in [0.05, 0.1) is 18.4 Å². The third-order valence-electron chi connectivity index (χ3n) is 4.05. The molecule has 4 rings (SSSR count). The molecule has 0 saturated carbocycles. The second kappa shape index (κ2) is 6.51. The van der Waals surface area contributed by atoms with Crippen LogP contribution in [0.3, 0.4) is 0 Å². The summed E-state index contributed by atoms with van der Waals surface area (Å²) < 4.78 is 20.5. The summed E-state index contributed by atoms with van der Waals surface area (Å²) in [6.07, 6.45) is 1.75. The first-order valence-corrected chi connectivity index (χ1v) is 7.90. The van der Waals surface area contributed by atoms with Gasteiger partial charge < -0.3 is 10.1 Å². The van der Waals surface area contributed by atoms with E-state index >= 15 is 0 Å². The minimum atomic E-state index is -0.270. The van der Waals surface area contributed by atoms with Crippen LogP contribution in [0.2, 0.25) is 0 Å². The average molecular weight is 324 g/mol. The van der Waals surface area contributed by atoms with Crippen molar-refractivity contribution in [3.05, 3.63) is 66.2 Å². The van der Waals surface area contributed by atoms with E-state index in [-0.39, 0.29) is 11.9 Å². The molecule has 6 heteroatoms. The van der Waals surface area contributed by atoms with Crippen LogP contribution in [0, 0.1) is 5.82 Å². The Morgan fingerprint density at radius 2 is 1.88 bits per heavy atom. The van der Waals surface area contributed by atoms with E-state index in [1.54, 1.807) is 23.1 Å². The number of nitrogens with one attached hydrogen (secondary N) is 1. The van der Waals surface area contributed by atoms with Crippen molar-refractivity contribution in [1.82, 2.24) is 20.1 Å². The van der Waals surface area contributed by atoms with E-state index in [1.807, 2.05) is 24.3 Å². The number of hydrogen-bond donors (Lipinski definition) is 1. The summed E-state index contributed by atoms with van der Waals surface area (Å²) in [4.78, 5) is 4.30. The fourth-order valence-corrected chi connectivity index (χ4v) is 2.74. The predicted molar refractivity (Wildman–Crippen MR) is 88.3 cm³/mol. The van der Waals surface area contributed by atoms with Crippen molar-refractivity contribution in [3.8, 4) is 17.1 Å². The Balaban J connectivity index is 1.54. The first kappa shape index (κ1) is 15.0. The van der Waals surface area contributed by atoms with Crippen molar-refractivity contribution in [2.75, 3.05) is 19.7 Å². The van der Waals surface area contributed by atoms with Gasteiger partial charge in [-0.1, -0.05) is 12.1 Å². The largest absolute Gasteiger partial charge is 0.371 e. The molecule has 1 fully saturated rings. The topological polar surface area (TPSA) is 52.0 Å². The number of nitrogens with zero attached hydrogens (tertiary/aromatic N) is 3. The lowest BCUT2D eigenvalue weighted by molar-refractivity contribution is 0.0277. The monoisotopic (exact) mass is 324 g/mol. The van der Waals surface area contributed by atoms with Gasteiger partial charge in [-0.3, -0.25) is 0 Å². The zero-order chi connectivity index (χ0) is 16.4. The summed E-state index contributed by atoms with van der Waals surface area (Å²) in [7, 11) is 0. The van der Waals surface area contributed by atoms with Gasteiger partial charge in [-0.2, -0.15) is 0 Å². The van der Waals surface area contributed by atoms with Gasteiger partial charge in [0.1, 0.15) is 12.1 Å². The zero-order valence-corrected chi connectivity index (χ0v) is 13.0. The van der Waals surface area contributed by atoms with E-state index in [0.29, 0.717) is 5.82 Å². The SMILES string of the molecule is Fc1ccc(-c2ncn(-c3ccc([C@H]4CNCCO4)cc3)n2)cc1. The highest BCUT2D eigenvalue weighted by molar-refractivity contribution is 5.54. The van der Waals surface area contributed by atoms with Crippen molar-refractivity contribution in [3.63, 3.8) is 0 Å². The van der Waals surface area contributed by atoms with Crippen molar-refractivity contribution in [1.29, 1.82) is 0 Å². The Kier molecular flexibility index (Phi) is 4.06. The van der Waals surface area contributed by atoms with Gasteiger partial charge >= 0.3 is 0 Å². The maximum absolute atomic E-state index is 13.0. The number of benzene rings is 2. The smallest absolute Gasteiger partial charge is 0.181 e. The summed E-state index contributed by atoms with van der Waals surface area (Å²) in [5, 5.41) is 7.79. The Morgan fingerprint density at radius 1 is 1.08 bits per heavy atom. The van der Waals surface area contributed by atoms with Gasteiger partial charge in [0.15, 0.2) is 5.82 Å². The summed E-state index contributed by atoms with van der Waals surface area (Å²) in [5.41, 5.74) is 2.85. The van der Waals surface area contributed by atoms with Crippen molar-refractivity contribution in [2.45, 2.75) is 6.10 Å². The summed E-state index contributed by atoms with van der Waals surface area (Å²) >= 11 is 0. The van der Waals surface area contributed by atoms with Crippen LogP contribution in [0.25, 0.3) is 17.1 Å². The molecule has 1 saturated heterocycles. The number of ether oxygens (including phenoxy) is 1. The minimum Gasteiger partial charge on any atom is -0.371 e. The van der Waals surface area contributed by atoms with Gasteiger partial charge in [0.25, 0.3) is 0 Å². The van der Waals surface area contributed by atoms with Crippen LogP contribution in [0.15, 0.2) is 54.9 Å². The van der Waals surface area contributed by atoms with Crippen molar-refractivity contribution in [2.24, 2.45) is 0 Å². The fraction of sp³-hybridized carbons (Fsp3) is 0.222. The Hall–Kier alpha value is -2.57. The molecule has 2 aromatic carbocycles. The van der Waals surface area contributed by atoms with E-state index < -0.39 is 0 Å². The van der Waals surface area contributed by atoms with Crippen molar-refractivity contribution < 1.29 is 9.13 Å². The van der Waals surface area contributed by atoms with Crippen LogP contribution < -0.4 is 5.32 Å². The minimum absolute atomic E-state index is 0.0957. The van der Waals surface area contributed by atoms with Crippen molar-refractivity contribution >= 4 is 0 Å². The summed E-state index contributed by atoms with van der Waals surface area (Å²) in [5.74, 6) is 0.298. The lowest BCUT2D eigenvalue weighted by Crippen LogP contribution is -2.33. The quantitative estimate of drug-likeness (QED) is 0.805. The highest BCUT2D eigenvalue weighted by Crippen LogP contribution is 2.21. The van der Waals surface area contributed by atoms with E-state index in [9.17, 15) is 4.39 Å². The highest BCUT2D eigenvalue weighted by atomic mass is 19.1. The molecule has 0 spiro atoms. The van der Waals surface area contributed by atoms with Crippen LogP contribution in [0.5, 0.6) is 0 Å². The van der Waals surface area contributed by atoms with Gasteiger partial charge in [0.2, 0.25) is 0 Å². The third kappa shape index (κ3) is 3.06. The van der Waals surface area contributed by atoms with Gasteiger partial charge in [-0.15, -0.1) is 5.10 Å². The molecule has 24 heavy (non-hydrogen) atoms. The van der Waals surface area contributed by atoms with Crippen LogP contribution >= 0.6 is 0 Å². The molecule has 2 heterocycles. The molecule has 1 aliphatic heterocycles. The standard InChI is InChI=1S/C18H17FN4O/c19-15-5-1-14(2-6-15)18-21-12-23(22-18)16-7-3-13(4-8-16)17-11-20-9-10-24-17/h1-8,12,17,20H,9-11H2/t17-/m1/s1. The molecular formula is C18H17FN4O. The molecule has 0 radical (unpaired) electrons. The Labute approximate surface area is 139 Å². The maximum Gasteiger partial charge on any atom is 0.181 e. The average Bonchev–Trinajstić information content (AvgIpc) is 3.13. The van der Waals surface area contributed by atoms with Gasteiger partial charge in [0, 0.05) is 18.7 Å². The molecular weight excluding hydrogens is 307 g/mol. The normalized spacial score (nSPS) is 17.8. The predicted octanol–water partition coefficient (Wildman–Crippen LogP) is 2.73. The van der Waals surface area contributed by atoms with Crippen LogP contribution in [-0.2, 0) is 4.74 Å². The van der Waals surface area contributed by atoms with Crippen LogP contribution in [-0.4, -0.2) is 34.5 Å². The Morgan fingerprint density at radius 3 is 2.58 bits per heavy atom. The number of rotatable bonds is 3. The molecule has 122 valence electrons. The molecule has 1 N–H and O–H groups in total. The van der Waals surface area contributed by atoms with Crippen LogP contribution in [0.1, 0.15) is 11.7 Å². The van der Waals surface area contributed by atoms with E-state index in [4.69, 9.17) is 4.74 Å². The molecule has 1 aromatic heterocycles. The Bertz CT molecular complexity index is 808. The molecule has 1 atom stereocenters. The maximum atomic E-state index is 13.0. The molecule has 0 unspecified atom stereocenters. The lowest BCUT2D eigenvalue weighted by Gasteiger charge is -2.24. The molecule has 0 aliphatic carbocycles. The molecule has 0 amide bonds. The van der Waals surface area contributed by atoms with Gasteiger partial charge in [-0.05, 0) is 42.0 Å². The van der Waals surface area contributed by atoms with Gasteiger partial charge in [-0.25, -0.2) is 14.1 Å². The zero-order valence-electron chi connectivity index (χ0n) is 13.0. The highest BCUT2D eigenvalue weighted by Gasteiger charge is 2.15. The summed E-state index contributed by atoms with van der Waals surface area (Å²) in [6, 6.07) is 14.2. The van der Waals surface area contributed by atoms with E-state index in [2.05, 4.69) is 15.4 Å². The number of halogens is 1. The number of aromatic nitrogens is 3. The fourth-order valence-electron chi connectivity index (χ4n) is 2.74.